The van der Waals surface area contributed by atoms with E-state index in [1.807, 2.05) is 0 Å². The predicted molar refractivity (Wildman–Crippen MR) is 125 cm³/mol. The maximum Gasteiger partial charge on any atom is 0.407 e. The van der Waals surface area contributed by atoms with Crippen LogP contribution in [0.3, 0.4) is 0 Å². The number of hydrogen-bond donors (Lipinski definition) is 3. The fraction of sp³-hybridized carbons (Fsp3) is 0.885. The molecule has 2 unspecified atom stereocenters. The second-order valence-electron chi connectivity index (χ2n) is 12.7. The van der Waals surface area contributed by atoms with Crippen molar-refractivity contribution >= 4 is 18.0 Å². The first-order valence-electron chi connectivity index (χ1n) is 13.0. The summed E-state index contributed by atoms with van der Waals surface area (Å²) in [6, 6.07) is 0. The van der Waals surface area contributed by atoms with E-state index in [0.717, 1.165) is 57.3 Å². The Morgan fingerprint density at radius 3 is 2.24 bits per heavy atom. The summed E-state index contributed by atoms with van der Waals surface area (Å²) in [4.78, 5) is 36.2. The van der Waals surface area contributed by atoms with Gasteiger partial charge in [-0.2, -0.15) is 0 Å². The molecule has 5 saturated carbocycles. The third kappa shape index (κ3) is 5.83. The number of rotatable bonds is 9. The van der Waals surface area contributed by atoms with Gasteiger partial charge in [-0.15, -0.1) is 0 Å². The number of carbonyl (C=O) groups excluding carboxylic acids is 2. The van der Waals surface area contributed by atoms with Crippen molar-refractivity contribution in [1.82, 2.24) is 10.6 Å². The summed E-state index contributed by atoms with van der Waals surface area (Å²) >= 11 is 0. The van der Waals surface area contributed by atoms with E-state index in [2.05, 4.69) is 24.5 Å². The fourth-order valence-corrected chi connectivity index (χ4v) is 8.69. The van der Waals surface area contributed by atoms with Gasteiger partial charge < -0.3 is 20.5 Å². The van der Waals surface area contributed by atoms with Crippen molar-refractivity contribution in [3.8, 4) is 0 Å². The Morgan fingerprint density at radius 1 is 0.970 bits per heavy atom. The third-order valence-electron chi connectivity index (χ3n) is 8.86. The van der Waals surface area contributed by atoms with E-state index in [4.69, 9.17) is 4.74 Å². The van der Waals surface area contributed by atoms with Crippen LogP contribution in [-0.4, -0.2) is 41.8 Å². The van der Waals surface area contributed by atoms with Crippen molar-refractivity contribution in [2.45, 2.75) is 109 Å². The van der Waals surface area contributed by atoms with Gasteiger partial charge in [0.1, 0.15) is 0 Å². The average molecular weight is 463 g/mol. The number of nitrogens with one attached hydrogen (secondary N) is 2. The van der Waals surface area contributed by atoms with Crippen molar-refractivity contribution in [2.24, 2.45) is 22.2 Å². The van der Waals surface area contributed by atoms with Crippen LogP contribution in [0.4, 0.5) is 4.79 Å². The largest absolute Gasteiger partial charge is 0.481 e. The van der Waals surface area contributed by atoms with Gasteiger partial charge in [0.25, 0.3) is 0 Å². The van der Waals surface area contributed by atoms with Crippen LogP contribution in [0.1, 0.15) is 104 Å². The summed E-state index contributed by atoms with van der Waals surface area (Å²) in [7, 11) is 0. The van der Waals surface area contributed by atoms with Crippen molar-refractivity contribution in [2.75, 3.05) is 13.2 Å². The number of alkyl carbamates (subject to hydrolysis) is 1. The van der Waals surface area contributed by atoms with Gasteiger partial charge in [0.05, 0.1) is 13.0 Å². The molecule has 0 aromatic carbocycles. The van der Waals surface area contributed by atoms with Crippen LogP contribution in [0.15, 0.2) is 0 Å². The molecule has 0 saturated heterocycles. The second kappa shape index (κ2) is 9.10. The van der Waals surface area contributed by atoms with Crippen molar-refractivity contribution in [1.29, 1.82) is 0 Å². The Bertz CT molecular complexity index is 757. The number of carbonyl (C=O) groups is 3. The number of amides is 2. The lowest BCUT2D eigenvalue weighted by atomic mass is 9.43. The zero-order chi connectivity index (χ0) is 23.7. The van der Waals surface area contributed by atoms with Crippen LogP contribution in [0.25, 0.3) is 0 Å². The second-order valence-corrected chi connectivity index (χ2v) is 12.7. The van der Waals surface area contributed by atoms with E-state index in [-0.39, 0.29) is 29.9 Å². The molecule has 0 heterocycles. The normalized spacial score (nSPS) is 36.2. The summed E-state index contributed by atoms with van der Waals surface area (Å²) in [5, 5.41) is 15.4. The summed E-state index contributed by atoms with van der Waals surface area (Å²) < 4.78 is 5.28. The molecule has 4 bridgehead atoms. The first-order valence-corrected chi connectivity index (χ1v) is 13.0. The zero-order valence-corrected chi connectivity index (χ0v) is 20.5. The van der Waals surface area contributed by atoms with Gasteiger partial charge in [-0.1, -0.05) is 33.1 Å². The van der Waals surface area contributed by atoms with E-state index >= 15 is 0 Å². The standard InChI is InChI=1S/C26H42N2O5/c1-23-11-19-12-24(2,15-23)17-26(13-19,16-23)28-20(29)7-6-10-33-22(32)27-18-25(14-21(30)31)8-4-3-5-9-25/h19H,3-18H2,1-2H3,(H,27,32)(H,28,29)(H,30,31)/t19?,23-,24+,26?. The number of aliphatic carboxylic acids is 1. The Balaban J connectivity index is 1.17. The Morgan fingerprint density at radius 2 is 1.64 bits per heavy atom. The maximum absolute atomic E-state index is 12.7. The molecule has 0 aromatic heterocycles. The van der Waals surface area contributed by atoms with Crippen LogP contribution in [0.5, 0.6) is 0 Å². The molecule has 7 nitrogen and oxygen atoms in total. The summed E-state index contributed by atoms with van der Waals surface area (Å²) in [6.07, 6.45) is 12.3. The van der Waals surface area contributed by atoms with Crippen molar-refractivity contribution in [3.63, 3.8) is 0 Å². The van der Waals surface area contributed by atoms with Gasteiger partial charge in [0.15, 0.2) is 0 Å². The quantitative estimate of drug-likeness (QED) is 0.428. The van der Waals surface area contributed by atoms with Gasteiger partial charge in [-0.3, -0.25) is 9.59 Å². The van der Waals surface area contributed by atoms with Crippen LogP contribution in [-0.2, 0) is 14.3 Å². The highest BCUT2D eigenvalue weighted by Crippen LogP contribution is 2.66. The van der Waals surface area contributed by atoms with Gasteiger partial charge >= 0.3 is 12.1 Å². The lowest BCUT2D eigenvalue weighted by Gasteiger charge is -2.65. The van der Waals surface area contributed by atoms with Gasteiger partial charge in [-0.25, -0.2) is 4.79 Å². The molecule has 186 valence electrons. The average Bonchev–Trinajstić information content (AvgIpc) is 2.67. The maximum atomic E-state index is 12.7. The highest BCUT2D eigenvalue weighted by atomic mass is 16.5. The van der Waals surface area contributed by atoms with Gasteiger partial charge in [0, 0.05) is 18.5 Å². The fourth-order valence-electron chi connectivity index (χ4n) is 8.69. The lowest BCUT2D eigenvalue weighted by Crippen LogP contribution is -2.65. The number of carboxylic acid groups (broad SMARTS) is 1. The minimum atomic E-state index is -0.819. The summed E-state index contributed by atoms with van der Waals surface area (Å²) in [6.45, 7) is 5.32. The number of carboxylic acids is 1. The van der Waals surface area contributed by atoms with E-state index in [1.165, 1.54) is 19.3 Å². The topological polar surface area (TPSA) is 105 Å². The molecule has 5 aliphatic carbocycles. The highest BCUT2D eigenvalue weighted by molar-refractivity contribution is 5.77. The van der Waals surface area contributed by atoms with Crippen molar-refractivity contribution in [3.05, 3.63) is 0 Å². The number of ether oxygens (including phenoxy) is 1. The SMILES string of the molecule is C[C@]12CC3CC(NC(=O)CCCOC(=O)NCC4(CC(=O)O)CCCCC4)(C1)C[C@@](C)(C3)C2. The minimum absolute atomic E-state index is 0.0450. The zero-order valence-electron chi connectivity index (χ0n) is 20.5. The highest BCUT2D eigenvalue weighted by Gasteiger charge is 2.60. The molecule has 5 aliphatic rings. The van der Waals surface area contributed by atoms with E-state index in [9.17, 15) is 19.5 Å². The predicted octanol–water partition coefficient (Wildman–Crippen LogP) is 4.78. The van der Waals surface area contributed by atoms with E-state index in [1.54, 1.807) is 0 Å². The molecular formula is C26H42N2O5. The monoisotopic (exact) mass is 462 g/mol. The first kappa shape index (κ1) is 24.3. The van der Waals surface area contributed by atoms with Gasteiger partial charge in [0.2, 0.25) is 5.91 Å². The number of hydrogen-bond acceptors (Lipinski definition) is 4. The Hall–Kier alpha value is -1.79. The molecule has 2 amide bonds. The molecule has 33 heavy (non-hydrogen) atoms. The molecule has 0 aromatic rings. The Labute approximate surface area is 197 Å². The molecule has 5 fully saturated rings. The summed E-state index contributed by atoms with van der Waals surface area (Å²) in [5.41, 5.74) is 0.308. The molecule has 4 atom stereocenters. The molecular weight excluding hydrogens is 420 g/mol. The van der Waals surface area contributed by atoms with Crippen LogP contribution < -0.4 is 10.6 Å². The van der Waals surface area contributed by atoms with Crippen LogP contribution >= 0.6 is 0 Å². The molecule has 0 aliphatic heterocycles. The van der Waals surface area contributed by atoms with Gasteiger partial charge in [-0.05, 0) is 80.0 Å². The smallest absolute Gasteiger partial charge is 0.407 e. The summed E-state index contributed by atoms with van der Waals surface area (Å²) in [5.74, 6) is -0.0203. The Kier molecular flexibility index (Phi) is 6.71. The van der Waals surface area contributed by atoms with Crippen LogP contribution in [0, 0.1) is 22.2 Å². The molecule has 0 spiro atoms. The first-order chi connectivity index (χ1) is 15.5. The lowest BCUT2D eigenvalue weighted by molar-refractivity contribution is -0.141. The third-order valence-corrected chi connectivity index (χ3v) is 8.86. The molecule has 5 rings (SSSR count). The molecule has 3 N–H and O–H groups in total. The van der Waals surface area contributed by atoms with E-state index in [0.29, 0.717) is 30.2 Å². The van der Waals surface area contributed by atoms with Crippen molar-refractivity contribution < 1.29 is 24.2 Å². The molecule has 0 radical (unpaired) electrons. The minimum Gasteiger partial charge on any atom is -0.481 e. The van der Waals surface area contributed by atoms with Crippen LogP contribution in [0.2, 0.25) is 0 Å². The van der Waals surface area contributed by atoms with E-state index < -0.39 is 12.1 Å². The molecule has 7 heteroatoms.